The molecule has 3 nitrogen and oxygen atoms in total. The molecule has 1 aromatic carbocycles. The molecule has 0 aliphatic rings. The maximum Gasteiger partial charge on any atom is 0.127 e. The predicted octanol–water partition coefficient (Wildman–Crippen LogP) is 4.52. The summed E-state index contributed by atoms with van der Waals surface area (Å²) in [7, 11) is 0. The lowest BCUT2D eigenvalue weighted by molar-refractivity contribution is 1.23. The fraction of sp³-hybridized carbons (Fsp3) is 0.118. The summed E-state index contributed by atoms with van der Waals surface area (Å²) < 4.78 is 0. The van der Waals surface area contributed by atoms with Gasteiger partial charge in [-0.3, -0.25) is 4.98 Å². The van der Waals surface area contributed by atoms with Gasteiger partial charge in [0.1, 0.15) is 11.2 Å². The normalized spacial score (nSPS) is 11.3. The second-order valence-corrected chi connectivity index (χ2v) is 6.27. The number of pyridine rings is 1. The van der Waals surface area contributed by atoms with E-state index in [1.165, 1.54) is 10.4 Å². The number of aromatic nitrogens is 3. The molecule has 0 aliphatic heterocycles. The predicted molar refractivity (Wildman–Crippen MR) is 87.6 cm³/mol. The van der Waals surface area contributed by atoms with E-state index in [0.29, 0.717) is 0 Å². The Hall–Kier alpha value is -2.33. The van der Waals surface area contributed by atoms with Crippen molar-refractivity contribution in [2.24, 2.45) is 0 Å². The number of nitrogens with zero attached hydrogens (tertiary/aromatic N) is 3. The van der Waals surface area contributed by atoms with Crippen molar-refractivity contribution in [1.82, 2.24) is 15.0 Å². The zero-order valence-corrected chi connectivity index (χ0v) is 12.6. The van der Waals surface area contributed by atoms with Crippen LogP contribution in [0, 0.1) is 13.8 Å². The molecule has 102 valence electrons. The molecule has 0 fully saturated rings. The van der Waals surface area contributed by atoms with E-state index < -0.39 is 0 Å². The average molecular weight is 291 g/mol. The van der Waals surface area contributed by atoms with Crippen LogP contribution in [-0.4, -0.2) is 15.0 Å². The molecular formula is C17H13N3S. The summed E-state index contributed by atoms with van der Waals surface area (Å²) in [5, 5.41) is 2.28. The van der Waals surface area contributed by atoms with Gasteiger partial charge < -0.3 is 0 Å². The van der Waals surface area contributed by atoms with E-state index in [1.807, 2.05) is 12.3 Å². The summed E-state index contributed by atoms with van der Waals surface area (Å²) in [6.07, 6.45) is 3.48. The molecular weight excluding hydrogens is 278 g/mol. The first kappa shape index (κ1) is 12.4. The maximum absolute atomic E-state index is 4.56. The highest BCUT2D eigenvalue weighted by molar-refractivity contribution is 7.18. The quantitative estimate of drug-likeness (QED) is 0.517. The molecule has 0 bridgehead atoms. The van der Waals surface area contributed by atoms with Crippen molar-refractivity contribution in [3.8, 4) is 11.3 Å². The molecule has 0 atom stereocenters. The third-order valence-electron chi connectivity index (χ3n) is 3.85. The summed E-state index contributed by atoms with van der Waals surface area (Å²) in [5.41, 5.74) is 4.30. The van der Waals surface area contributed by atoms with Crippen LogP contribution in [0.15, 0.2) is 42.9 Å². The minimum atomic E-state index is 0.978. The number of para-hydroxylation sites is 1. The summed E-state index contributed by atoms with van der Waals surface area (Å²) >= 11 is 1.72. The molecule has 4 aromatic rings. The van der Waals surface area contributed by atoms with Gasteiger partial charge >= 0.3 is 0 Å². The van der Waals surface area contributed by atoms with Gasteiger partial charge in [-0.2, -0.15) is 0 Å². The molecule has 0 radical (unpaired) electrons. The smallest absolute Gasteiger partial charge is 0.127 e. The molecule has 0 N–H and O–H groups in total. The van der Waals surface area contributed by atoms with Crippen LogP contribution in [0.5, 0.6) is 0 Å². The largest absolute Gasteiger partial charge is 0.256 e. The van der Waals surface area contributed by atoms with Crippen molar-refractivity contribution in [2.75, 3.05) is 0 Å². The van der Waals surface area contributed by atoms with E-state index in [2.05, 4.69) is 53.1 Å². The lowest BCUT2D eigenvalue weighted by Gasteiger charge is -2.07. The van der Waals surface area contributed by atoms with Gasteiger partial charge in [0.25, 0.3) is 0 Å². The van der Waals surface area contributed by atoms with Crippen LogP contribution < -0.4 is 0 Å². The van der Waals surface area contributed by atoms with Crippen molar-refractivity contribution < 1.29 is 0 Å². The minimum absolute atomic E-state index is 0.978. The lowest BCUT2D eigenvalue weighted by atomic mass is 10.0. The first-order valence-electron chi connectivity index (χ1n) is 6.80. The van der Waals surface area contributed by atoms with E-state index in [9.17, 15) is 0 Å². The van der Waals surface area contributed by atoms with Crippen LogP contribution in [0.4, 0.5) is 0 Å². The van der Waals surface area contributed by atoms with Gasteiger partial charge in [-0.25, -0.2) is 9.97 Å². The Morgan fingerprint density at radius 3 is 2.71 bits per heavy atom. The second kappa shape index (κ2) is 4.60. The van der Waals surface area contributed by atoms with Crippen LogP contribution in [0.2, 0.25) is 0 Å². The first-order chi connectivity index (χ1) is 10.3. The Labute approximate surface area is 126 Å². The standard InChI is InChI=1S/C17H13N3S/c1-10-11(2)21-17-14(10)16(19-9-20-17)13-7-3-5-12-6-4-8-18-15(12)13/h3-9H,1-2H3. The third kappa shape index (κ3) is 1.83. The Bertz CT molecular complexity index is 967. The highest BCUT2D eigenvalue weighted by Gasteiger charge is 2.15. The van der Waals surface area contributed by atoms with Gasteiger partial charge in [0.2, 0.25) is 0 Å². The highest BCUT2D eigenvalue weighted by atomic mass is 32.1. The Kier molecular flexibility index (Phi) is 2.72. The zero-order chi connectivity index (χ0) is 14.4. The van der Waals surface area contributed by atoms with Crippen LogP contribution in [-0.2, 0) is 0 Å². The van der Waals surface area contributed by atoms with E-state index in [4.69, 9.17) is 0 Å². The Balaban J connectivity index is 2.14. The summed E-state index contributed by atoms with van der Waals surface area (Å²) in [5.74, 6) is 0. The summed E-state index contributed by atoms with van der Waals surface area (Å²) in [4.78, 5) is 15.9. The summed E-state index contributed by atoms with van der Waals surface area (Å²) in [6, 6.07) is 10.3. The van der Waals surface area contributed by atoms with Gasteiger partial charge in [-0.1, -0.05) is 24.3 Å². The molecule has 3 aromatic heterocycles. The van der Waals surface area contributed by atoms with E-state index in [1.54, 1.807) is 17.7 Å². The molecule has 21 heavy (non-hydrogen) atoms. The van der Waals surface area contributed by atoms with Crippen LogP contribution in [0.3, 0.4) is 0 Å². The molecule has 0 aliphatic carbocycles. The first-order valence-corrected chi connectivity index (χ1v) is 7.62. The maximum atomic E-state index is 4.56. The van der Waals surface area contributed by atoms with E-state index in [-0.39, 0.29) is 0 Å². The average Bonchev–Trinajstić information content (AvgIpc) is 2.82. The number of hydrogen-bond donors (Lipinski definition) is 0. The highest BCUT2D eigenvalue weighted by Crippen LogP contribution is 2.36. The number of hydrogen-bond acceptors (Lipinski definition) is 4. The van der Waals surface area contributed by atoms with Crippen LogP contribution in [0.25, 0.3) is 32.4 Å². The van der Waals surface area contributed by atoms with Crippen molar-refractivity contribution in [1.29, 1.82) is 0 Å². The molecule has 0 unspecified atom stereocenters. The number of thiophene rings is 1. The minimum Gasteiger partial charge on any atom is -0.256 e. The van der Waals surface area contributed by atoms with Crippen molar-refractivity contribution in [3.63, 3.8) is 0 Å². The molecule has 0 saturated carbocycles. The van der Waals surface area contributed by atoms with E-state index >= 15 is 0 Å². The molecule has 0 spiro atoms. The zero-order valence-electron chi connectivity index (χ0n) is 11.8. The number of benzene rings is 1. The summed E-state index contributed by atoms with van der Waals surface area (Å²) in [6.45, 7) is 4.27. The number of rotatable bonds is 1. The number of fused-ring (bicyclic) bond motifs is 2. The monoisotopic (exact) mass is 291 g/mol. The van der Waals surface area contributed by atoms with Crippen LogP contribution >= 0.6 is 11.3 Å². The fourth-order valence-corrected chi connectivity index (χ4v) is 3.68. The molecule has 4 rings (SSSR count). The van der Waals surface area contributed by atoms with Gasteiger partial charge in [0, 0.05) is 27.4 Å². The van der Waals surface area contributed by atoms with Crippen molar-refractivity contribution in [2.45, 2.75) is 13.8 Å². The fourth-order valence-electron chi connectivity index (χ4n) is 2.68. The third-order valence-corrected chi connectivity index (χ3v) is 4.97. The molecule has 0 saturated heterocycles. The van der Waals surface area contributed by atoms with Gasteiger partial charge in [0.05, 0.1) is 11.2 Å². The second-order valence-electron chi connectivity index (χ2n) is 5.07. The molecule has 0 amide bonds. The van der Waals surface area contributed by atoms with Crippen molar-refractivity contribution >= 4 is 32.5 Å². The Morgan fingerprint density at radius 2 is 1.81 bits per heavy atom. The van der Waals surface area contributed by atoms with Gasteiger partial charge in [-0.05, 0) is 25.5 Å². The van der Waals surface area contributed by atoms with E-state index in [0.717, 1.165) is 32.4 Å². The van der Waals surface area contributed by atoms with Gasteiger partial charge in [0.15, 0.2) is 0 Å². The molecule has 3 heterocycles. The SMILES string of the molecule is Cc1sc2ncnc(-c3cccc4cccnc34)c2c1C. The van der Waals surface area contributed by atoms with Crippen LogP contribution in [0.1, 0.15) is 10.4 Å². The van der Waals surface area contributed by atoms with Gasteiger partial charge in [-0.15, -0.1) is 11.3 Å². The number of aryl methyl sites for hydroxylation is 2. The van der Waals surface area contributed by atoms with Crippen molar-refractivity contribution in [3.05, 3.63) is 53.3 Å². The molecule has 4 heteroatoms. The lowest BCUT2D eigenvalue weighted by Crippen LogP contribution is -1.90. The Morgan fingerprint density at radius 1 is 0.952 bits per heavy atom. The topological polar surface area (TPSA) is 38.7 Å².